The van der Waals surface area contributed by atoms with Gasteiger partial charge < -0.3 is 15.4 Å². The van der Waals surface area contributed by atoms with Gasteiger partial charge in [-0.1, -0.05) is 12.1 Å². The van der Waals surface area contributed by atoms with E-state index in [0.717, 1.165) is 44.1 Å². The van der Waals surface area contributed by atoms with Crippen molar-refractivity contribution in [2.45, 2.75) is 37.3 Å². The summed E-state index contributed by atoms with van der Waals surface area (Å²) < 4.78 is 31.3. The maximum Gasteiger partial charge on any atom is 0.240 e. The van der Waals surface area contributed by atoms with Crippen LogP contribution in [-0.2, 0) is 21.3 Å². The fraction of sp³-hybridized carbons (Fsp3) is 0.562. The number of hydrogen-bond donors (Lipinski definition) is 3. The lowest BCUT2D eigenvalue weighted by atomic mass is 10.2. The molecule has 0 saturated carbocycles. The summed E-state index contributed by atoms with van der Waals surface area (Å²) in [5.41, 5.74) is 0.944. The molecule has 134 valence electrons. The van der Waals surface area contributed by atoms with Gasteiger partial charge in [0.1, 0.15) is 0 Å². The van der Waals surface area contributed by atoms with Crippen LogP contribution in [0.1, 0.15) is 25.3 Å². The minimum absolute atomic E-state index is 0.250. The van der Waals surface area contributed by atoms with Crippen LogP contribution in [0, 0.1) is 0 Å². The Morgan fingerprint density at radius 3 is 2.62 bits per heavy atom. The molecule has 1 unspecified atom stereocenters. The molecule has 2 rings (SSSR count). The first kappa shape index (κ1) is 18.7. The molecule has 1 aliphatic rings. The summed E-state index contributed by atoms with van der Waals surface area (Å²) in [7, 11) is -2.00. The van der Waals surface area contributed by atoms with Crippen molar-refractivity contribution in [2.24, 2.45) is 4.99 Å². The number of sulfonamides is 1. The van der Waals surface area contributed by atoms with E-state index < -0.39 is 10.0 Å². The molecule has 24 heavy (non-hydrogen) atoms. The number of aliphatic imine (C=N–C) groups is 1. The molecule has 1 saturated heterocycles. The summed E-state index contributed by atoms with van der Waals surface area (Å²) in [5, 5.41) is 6.48. The lowest BCUT2D eigenvalue weighted by Gasteiger charge is -2.14. The van der Waals surface area contributed by atoms with Gasteiger partial charge in [0.25, 0.3) is 0 Å². The van der Waals surface area contributed by atoms with Gasteiger partial charge >= 0.3 is 0 Å². The topological polar surface area (TPSA) is 91.8 Å². The predicted molar refractivity (Wildman–Crippen MR) is 94.5 cm³/mol. The zero-order chi connectivity index (χ0) is 17.4. The van der Waals surface area contributed by atoms with E-state index in [0.29, 0.717) is 6.54 Å². The second kappa shape index (κ2) is 9.00. The molecule has 3 N–H and O–H groups in total. The second-order valence-electron chi connectivity index (χ2n) is 5.56. The number of benzene rings is 1. The van der Waals surface area contributed by atoms with Gasteiger partial charge in [-0.15, -0.1) is 0 Å². The number of rotatable bonds is 7. The van der Waals surface area contributed by atoms with Crippen LogP contribution < -0.4 is 15.4 Å². The normalized spacial score (nSPS) is 18.6. The van der Waals surface area contributed by atoms with Crippen LogP contribution >= 0.6 is 0 Å². The molecule has 7 nitrogen and oxygen atoms in total. The van der Waals surface area contributed by atoms with Crippen LogP contribution in [-0.4, -0.2) is 47.2 Å². The molecule has 0 radical (unpaired) electrons. The van der Waals surface area contributed by atoms with E-state index in [4.69, 9.17) is 4.74 Å². The van der Waals surface area contributed by atoms with E-state index >= 15 is 0 Å². The Labute approximate surface area is 143 Å². The van der Waals surface area contributed by atoms with Crippen molar-refractivity contribution in [3.05, 3.63) is 29.8 Å². The molecular weight excluding hydrogens is 328 g/mol. The van der Waals surface area contributed by atoms with Crippen molar-refractivity contribution in [3.63, 3.8) is 0 Å². The Bertz CT molecular complexity index is 638. The molecule has 1 aliphatic heterocycles. The average molecular weight is 354 g/mol. The molecule has 0 aromatic heterocycles. The molecule has 0 bridgehead atoms. The highest BCUT2D eigenvalue weighted by Gasteiger charge is 2.15. The molecule has 1 atom stereocenters. The number of ether oxygens (including phenoxy) is 1. The third-order valence-electron chi connectivity index (χ3n) is 3.79. The Balaban J connectivity index is 1.94. The highest BCUT2D eigenvalue weighted by molar-refractivity contribution is 7.89. The lowest BCUT2D eigenvalue weighted by Crippen LogP contribution is -2.41. The molecule has 1 aromatic carbocycles. The summed E-state index contributed by atoms with van der Waals surface area (Å²) in [4.78, 5) is 4.78. The first-order valence-electron chi connectivity index (χ1n) is 8.21. The Hall–Kier alpha value is -1.64. The van der Waals surface area contributed by atoms with Gasteiger partial charge in [0.2, 0.25) is 10.0 Å². The highest BCUT2D eigenvalue weighted by Crippen LogP contribution is 2.11. The fourth-order valence-corrected chi connectivity index (χ4v) is 3.15. The smallest absolute Gasteiger partial charge is 0.240 e. The van der Waals surface area contributed by atoms with Gasteiger partial charge in [0.05, 0.1) is 17.5 Å². The van der Waals surface area contributed by atoms with E-state index in [2.05, 4.69) is 20.3 Å². The van der Waals surface area contributed by atoms with Crippen molar-refractivity contribution < 1.29 is 13.2 Å². The van der Waals surface area contributed by atoms with Gasteiger partial charge in [0.15, 0.2) is 5.96 Å². The van der Waals surface area contributed by atoms with Crippen molar-refractivity contribution >= 4 is 16.0 Å². The zero-order valence-corrected chi connectivity index (χ0v) is 15.0. The summed E-state index contributed by atoms with van der Waals surface area (Å²) in [6.45, 7) is 4.84. The van der Waals surface area contributed by atoms with Gasteiger partial charge in [-0.25, -0.2) is 18.1 Å². The van der Waals surface area contributed by atoms with E-state index in [9.17, 15) is 8.42 Å². The van der Waals surface area contributed by atoms with Crippen LogP contribution in [0.4, 0.5) is 0 Å². The van der Waals surface area contributed by atoms with Crippen molar-refractivity contribution in [2.75, 3.05) is 26.7 Å². The number of nitrogens with zero attached hydrogens (tertiary/aromatic N) is 1. The van der Waals surface area contributed by atoms with E-state index in [-0.39, 0.29) is 11.0 Å². The van der Waals surface area contributed by atoms with Crippen LogP contribution in [0.2, 0.25) is 0 Å². The summed E-state index contributed by atoms with van der Waals surface area (Å²) >= 11 is 0. The standard InChI is InChI=1S/C16H26N4O3S/c1-3-18-16(20-12-14-5-4-10-23-14)19-11-13-6-8-15(9-7-13)24(21,22)17-2/h6-9,14,17H,3-5,10-12H2,1-2H3,(H2,18,19,20). The van der Waals surface area contributed by atoms with Crippen molar-refractivity contribution in [1.82, 2.24) is 15.4 Å². The molecule has 0 amide bonds. The van der Waals surface area contributed by atoms with E-state index in [1.54, 1.807) is 24.3 Å². The van der Waals surface area contributed by atoms with Crippen molar-refractivity contribution in [3.8, 4) is 0 Å². The minimum atomic E-state index is -3.40. The average Bonchev–Trinajstić information content (AvgIpc) is 3.11. The summed E-state index contributed by atoms with van der Waals surface area (Å²) in [5.74, 6) is 0.736. The number of hydrogen-bond acceptors (Lipinski definition) is 4. The van der Waals surface area contributed by atoms with E-state index in [1.807, 2.05) is 6.92 Å². The largest absolute Gasteiger partial charge is 0.376 e. The van der Waals surface area contributed by atoms with Gasteiger partial charge in [0, 0.05) is 19.7 Å². The SMILES string of the molecule is CCNC(=NCc1ccc(S(=O)(=O)NC)cc1)NCC1CCCO1. The number of nitrogens with one attached hydrogen (secondary N) is 3. The van der Waals surface area contributed by atoms with Crippen LogP contribution in [0.3, 0.4) is 0 Å². The molecular formula is C16H26N4O3S. The predicted octanol–water partition coefficient (Wildman–Crippen LogP) is 0.829. The van der Waals surface area contributed by atoms with Crippen LogP contribution in [0.5, 0.6) is 0 Å². The molecule has 0 aliphatic carbocycles. The summed E-state index contributed by atoms with van der Waals surface area (Å²) in [6, 6.07) is 6.72. The van der Waals surface area contributed by atoms with Gasteiger partial charge in [-0.3, -0.25) is 0 Å². The lowest BCUT2D eigenvalue weighted by molar-refractivity contribution is 0.114. The fourth-order valence-electron chi connectivity index (χ4n) is 2.42. The second-order valence-corrected chi connectivity index (χ2v) is 7.45. The van der Waals surface area contributed by atoms with Crippen LogP contribution in [0.25, 0.3) is 0 Å². The molecule has 1 fully saturated rings. The van der Waals surface area contributed by atoms with Gasteiger partial charge in [-0.2, -0.15) is 0 Å². The van der Waals surface area contributed by atoms with E-state index in [1.165, 1.54) is 7.05 Å². The quantitative estimate of drug-likeness (QED) is 0.498. The number of guanidine groups is 1. The maximum absolute atomic E-state index is 11.7. The third kappa shape index (κ3) is 5.47. The van der Waals surface area contributed by atoms with Crippen LogP contribution in [0.15, 0.2) is 34.2 Å². The first-order chi connectivity index (χ1) is 11.5. The maximum atomic E-state index is 11.7. The minimum Gasteiger partial charge on any atom is -0.376 e. The molecule has 1 heterocycles. The third-order valence-corrected chi connectivity index (χ3v) is 5.22. The Morgan fingerprint density at radius 2 is 2.04 bits per heavy atom. The highest BCUT2D eigenvalue weighted by atomic mass is 32.2. The molecule has 1 aromatic rings. The Kier molecular flexibility index (Phi) is 7.01. The zero-order valence-electron chi connectivity index (χ0n) is 14.2. The van der Waals surface area contributed by atoms with Gasteiger partial charge in [-0.05, 0) is 44.5 Å². The molecule has 0 spiro atoms. The Morgan fingerprint density at radius 1 is 1.29 bits per heavy atom. The molecule has 8 heteroatoms. The van der Waals surface area contributed by atoms with Crippen molar-refractivity contribution in [1.29, 1.82) is 0 Å². The monoisotopic (exact) mass is 354 g/mol. The first-order valence-corrected chi connectivity index (χ1v) is 9.69. The summed E-state index contributed by atoms with van der Waals surface area (Å²) in [6.07, 6.45) is 2.44.